The molecule has 2 aromatic carbocycles. The minimum absolute atomic E-state index is 0.0767. The number of carbonyl (C=O) groups is 2. The number of thioether (sulfide) groups is 1. The molecule has 176 valence electrons. The summed E-state index contributed by atoms with van der Waals surface area (Å²) >= 11 is 4.57. The van der Waals surface area contributed by atoms with Crippen molar-refractivity contribution in [2.75, 3.05) is 16.4 Å². The lowest BCUT2D eigenvalue weighted by Crippen LogP contribution is -2.31. The molecule has 0 fully saturated rings. The number of para-hydroxylation sites is 1. The van der Waals surface area contributed by atoms with Gasteiger partial charge in [-0.15, -0.1) is 0 Å². The standard InChI is InChI=1S/C26H21BrN4O3S/c1-16-23(25(33)31-18-6-3-2-4-7-18)24(21-8-5-13-34-21)20(14-28)26(29-16)35-15-22(32)30-19-11-9-17(27)10-12-19/h2-13,24,29H,15H2,1H3,(H,30,32)(H,31,33). The molecule has 1 unspecified atom stereocenters. The summed E-state index contributed by atoms with van der Waals surface area (Å²) < 4.78 is 6.54. The highest BCUT2D eigenvalue weighted by atomic mass is 79.9. The highest BCUT2D eigenvalue weighted by molar-refractivity contribution is 9.10. The number of nitriles is 1. The number of hydrogen-bond acceptors (Lipinski definition) is 6. The first-order chi connectivity index (χ1) is 17.0. The molecule has 0 spiro atoms. The number of hydrogen-bond donors (Lipinski definition) is 3. The van der Waals surface area contributed by atoms with Crippen LogP contribution in [-0.4, -0.2) is 17.6 Å². The first-order valence-electron chi connectivity index (χ1n) is 10.7. The number of benzene rings is 2. The fraction of sp³-hybridized carbons (Fsp3) is 0.115. The third-order valence-corrected chi connectivity index (χ3v) is 6.77. The van der Waals surface area contributed by atoms with E-state index in [1.54, 1.807) is 43.3 Å². The Morgan fingerprint density at radius 3 is 2.43 bits per heavy atom. The first-order valence-corrected chi connectivity index (χ1v) is 12.4. The fourth-order valence-electron chi connectivity index (χ4n) is 3.66. The van der Waals surface area contributed by atoms with Gasteiger partial charge in [-0.2, -0.15) is 5.26 Å². The molecule has 1 aromatic heterocycles. The molecule has 4 rings (SSSR count). The van der Waals surface area contributed by atoms with Gasteiger partial charge in [0.1, 0.15) is 5.76 Å². The van der Waals surface area contributed by atoms with Gasteiger partial charge in [-0.1, -0.05) is 45.9 Å². The molecule has 0 saturated carbocycles. The zero-order chi connectivity index (χ0) is 24.8. The molecular formula is C26H21BrN4O3S. The van der Waals surface area contributed by atoms with Gasteiger partial charge >= 0.3 is 0 Å². The van der Waals surface area contributed by atoms with Crippen LogP contribution in [0.2, 0.25) is 0 Å². The number of amides is 2. The number of rotatable bonds is 7. The molecule has 3 aromatic rings. The maximum Gasteiger partial charge on any atom is 0.254 e. The van der Waals surface area contributed by atoms with Crippen LogP contribution in [0, 0.1) is 11.3 Å². The van der Waals surface area contributed by atoms with E-state index in [1.165, 1.54) is 18.0 Å². The van der Waals surface area contributed by atoms with Crippen LogP contribution < -0.4 is 16.0 Å². The molecule has 1 atom stereocenters. The molecule has 2 amide bonds. The molecule has 7 nitrogen and oxygen atoms in total. The number of halogens is 1. The van der Waals surface area contributed by atoms with Crippen molar-refractivity contribution in [3.8, 4) is 6.07 Å². The third-order valence-electron chi connectivity index (χ3n) is 5.23. The van der Waals surface area contributed by atoms with Gasteiger partial charge in [0.05, 0.1) is 40.2 Å². The Morgan fingerprint density at radius 1 is 1.06 bits per heavy atom. The van der Waals surface area contributed by atoms with Gasteiger partial charge in [0.2, 0.25) is 5.91 Å². The zero-order valence-electron chi connectivity index (χ0n) is 18.7. The molecule has 0 bridgehead atoms. The van der Waals surface area contributed by atoms with E-state index >= 15 is 0 Å². The predicted octanol–water partition coefficient (Wildman–Crippen LogP) is 5.75. The second-order valence-electron chi connectivity index (χ2n) is 7.63. The second-order valence-corrected chi connectivity index (χ2v) is 9.53. The lowest BCUT2D eigenvalue weighted by molar-refractivity contribution is -0.114. The van der Waals surface area contributed by atoms with Crippen LogP contribution in [-0.2, 0) is 9.59 Å². The average molecular weight is 549 g/mol. The van der Waals surface area contributed by atoms with Crippen LogP contribution in [0.3, 0.4) is 0 Å². The van der Waals surface area contributed by atoms with E-state index in [0.29, 0.717) is 39.0 Å². The molecule has 9 heteroatoms. The molecule has 0 aliphatic carbocycles. The maximum atomic E-state index is 13.3. The number of carbonyl (C=O) groups excluding carboxylic acids is 2. The van der Waals surface area contributed by atoms with Crippen molar-refractivity contribution in [3.05, 3.63) is 105 Å². The van der Waals surface area contributed by atoms with E-state index in [4.69, 9.17) is 4.42 Å². The van der Waals surface area contributed by atoms with E-state index in [-0.39, 0.29) is 17.6 Å². The predicted molar refractivity (Wildman–Crippen MR) is 140 cm³/mol. The van der Waals surface area contributed by atoms with Crippen LogP contribution in [0.4, 0.5) is 11.4 Å². The molecule has 3 N–H and O–H groups in total. The van der Waals surface area contributed by atoms with E-state index < -0.39 is 5.92 Å². The zero-order valence-corrected chi connectivity index (χ0v) is 21.1. The van der Waals surface area contributed by atoms with Crippen molar-refractivity contribution in [1.82, 2.24) is 5.32 Å². The average Bonchev–Trinajstić information content (AvgIpc) is 3.39. The number of nitrogens with zero attached hydrogens (tertiary/aromatic N) is 1. The van der Waals surface area contributed by atoms with Gasteiger partial charge in [0, 0.05) is 21.5 Å². The first kappa shape index (κ1) is 24.4. The fourth-order valence-corrected chi connectivity index (χ4v) is 4.81. The molecule has 2 heterocycles. The third kappa shape index (κ3) is 5.85. The van der Waals surface area contributed by atoms with Gasteiger partial charge in [-0.05, 0) is 55.5 Å². The largest absolute Gasteiger partial charge is 0.468 e. The van der Waals surface area contributed by atoms with Crippen LogP contribution >= 0.6 is 27.7 Å². The summed E-state index contributed by atoms with van der Waals surface area (Å²) in [5, 5.41) is 19.5. The summed E-state index contributed by atoms with van der Waals surface area (Å²) in [7, 11) is 0. The second kappa shape index (κ2) is 11.1. The molecule has 0 radical (unpaired) electrons. The van der Waals surface area contributed by atoms with Crippen molar-refractivity contribution in [3.63, 3.8) is 0 Å². The van der Waals surface area contributed by atoms with Gasteiger partial charge in [-0.3, -0.25) is 9.59 Å². The number of anilines is 2. The van der Waals surface area contributed by atoms with Gasteiger partial charge in [0.15, 0.2) is 0 Å². The SMILES string of the molecule is CC1=C(C(=O)Nc2ccccc2)C(c2ccco2)C(C#N)=C(SCC(=O)Nc2ccc(Br)cc2)N1. The normalized spacial score (nSPS) is 15.3. The summed E-state index contributed by atoms with van der Waals surface area (Å²) in [6, 6.07) is 22.0. The van der Waals surface area contributed by atoms with Crippen LogP contribution in [0.15, 0.2) is 104 Å². The summed E-state index contributed by atoms with van der Waals surface area (Å²) in [5.41, 5.74) is 2.58. The Kier molecular flexibility index (Phi) is 7.75. The number of furan rings is 1. The highest BCUT2D eigenvalue weighted by Crippen LogP contribution is 2.41. The Morgan fingerprint density at radius 2 is 1.77 bits per heavy atom. The van der Waals surface area contributed by atoms with E-state index in [9.17, 15) is 14.9 Å². The van der Waals surface area contributed by atoms with Crippen molar-refractivity contribution >= 4 is 50.9 Å². The monoisotopic (exact) mass is 548 g/mol. The molecule has 35 heavy (non-hydrogen) atoms. The summed E-state index contributed by atoms with van der Waals surface area (Å²) in [6.07, 6.45) is 1.51. The summed E-state index contributed by atoms with van der Waals surface area (Å²) in [5.74, 6) is -0.720. The van der Waals surface area contributed by atoms with Gasteiger partial charge in [0.25, 0.3) is 5.91 Å². The van der Waals surface area contributed by atoms with E-state index in [0.717, 1.165) is 4.47 Å². The molecule has 1 aliphatic rings. The highest BCUT2D eigenvalue weighted by Gasteiger charge is 2.36. The number of dihydropyridines is 1. The van der Waals surface area contributed by atoms with Gasteiger partial charge < -0.3 is 20.4 Å². The van der Waals surface area contributed by atoms with Crippen molar-refractivity contribution in [1.29, 1.82) is 5.26 Å². The Labute approximate surface area is 215 Å². The van der Waals surface area contributed by atoms with Crippen LogP contribution in [0.5, 0.6) is 0 Å². The Hall–Kier alpha value is -3.74. The van der Waals surface area contributed by atoms with Crippen LogP contribution in [0.1, 0.15) is 18.6 Å². The van der Waals surface area contributed by atoms with Crippen molar-refractivity contribution < 1.29 is 14.0 Å². The molecule has 0 saturated heterocycles. The van der Waals surface area contributed by atoms with E-state index in [2.05, 4.69) is 37.9 Å². The maximum absolute atomic E-state index is 13.3. The topological polar surface area (TPSA) is 107 Å². The van der Waals surface area contributed by atoms with Crippen LogP contribution in [0.25, 0.3) is 0 Å². The summed E-state index contributed by atoms with van der Waals surface area (Å²) in [6.45, 7) is 1.77. The minimum atomic E-state index is -0.711. The van der Waals surface area contributed by atoms with Crippen molar-refractivity contribution in [2.45, 2.75) is 12.8 Å². The van der Waals surface area contributed by atoms with Gasteiger partial charge in [-0.25, -0.2) is 0 Å². The van der Waals surface area contributed by atoms with E-state index in [1.807, 2.05) is 30.3 Å². The Bertz CT molecular complexity index is 1330. The molecule has 1 aliphatic heterocycles. The van der Waals surface area contributed by atoms with Crippen molar-refractivity contribution in [2.24, 2.45) is 0 Å². The molecular weight excluding hydrogens is 528 g/mol. The number of nitrogens with one attached hydrogen (secondary N) is 3. The Balaban J connectivity index is 1.57. The lowest BCUT2D eigenvalue weighted by atomic mass is 9.85. The quantitative estimate of drug-likeness (QED) is 0.347. The smallest absolute Gasteiger partial charge is 0.254 e. The lowest BCUT2D eigenvalue weighted by Gasteiger charge is -2.28. The minimum Gasteiger partial charge on any atom is -0.468 e. The summed E-state index contributed by atoms with van der Waals surface area (Å²) in [4.78, 5) is 25.8. The number of allylic oxidation sites excluding steroid dienone is 2.